The summed E-state index contributed by atoms with van der Waals surface area (Å²) >= 11 is 0. The molecule has 1 atom stereocenters. The first-order chi connectivity index (χ1) is 11.7. The molecule has 2 rings (SSSR count). The molecule has 0 aliphatic heterocycles. The van der Waals surface area contributed by atoms with Gasteiger partial charge in [-0.3, -0.25) is 0 Å². The zero-order valence-electron chi connectivity index (χ0n) is 14.7. The van der Waals surface area contributed by atoms with Crippen LogP contribution in [0, 0.1) is 0 Å². The molecule has 5 nitrogen and oxygen atoms in total. The molecule has 0 radical (unpaired) electrons. The monoisotopic (exact) mass is 341 g/mol. The Morgan fingerprint density at radius 1 is 1.04 bits per heavy atom. The van der Waals surface area contributed by atoms with Crippen molar-refractivity contribution in [3.63, 3.8) is 0 Å². The van der Waals surface area contributed by atoms with Crippen molar-refractivity contribution in [2.45, 2.75) is 38.8 Å². The number of carboxylic acid groups (broad SMARTS) is 1. The molecule has 0 aromatic heterocycles. The van der Waals surface area contributed by atoms with Crippen LogP contribution in [0.3, 0.4) is 0 Å². The second kappa shape index (κ2) is 7.83. The van der Waals surface area contributed by atoms with Gasteiger partial charge in [0.15, 0.2) is 0 Å². The molecule has 132 valence electrons. The number of benzene rings is 2. The van der Waals surface area contributed by atoms with Crippen LogP contribution in [0.15, 0.2) is 54.6 Å². The minimum atomic E-state index is -1.10. The largest absolute Gasteiger partial charge is 0.480 e. The third-order valence-corrected chi connectivity index (χ3v) is 3.46. The highest BCUT2D eigenvalue weighted by Gasteiger charge is 2.24. The lowest BCUT2D eigenvalue weighted by molar-refractivity contribution is -0.139. The number of rotatable bonds is 5. The summed E-state index contributed by atoms with van der Waals surface area (Å²) < 4.78 is 5.14. The SMILES string of the molecule is CC(C)(C)OC(=O)N[C@H](Cc1cccc(-c2ccccc2)c1)C(=O)O. The second-order valence-corrected chi connectivity index (χ2v) is 6.81. The summed E-state index contributed by atoms with van der Waals surface area (Å²) in [7, 11) is 0. The number of carbonyl (C=O) groups excluding carboxylic acids is 1. The lowest BCUT2D eigenvalue weighted by Gasteiger charge is -2.22. The molecule has 1 amide bonds. The molecule has 0 unspecified atom stereocenters. The van der Waals surface area contributed by atoms with E-state index < -0.39 is 23.7 Å². The van der Waals surface area contributed by atoms with E-state index >= 15 is 0 Å². The fraction of sp³-hybridized carbons (Fsp3) is 0.300. The number of hydrogen-bond acceptors (Lipinski definition) is 3. The number of carbonyl (C=O) groups is 2. The molecule has 2 aromatic rings. The lowest BCUT2D eigenvalue weighted by Crippen LogP contribution is -2.44. The molecule has 25 heavy (non-hydrogen) atoms. The first-order valence-electron chi connectivity index (χ1n) is 8.11. The Kier molecular flexibility index (Phi) is 5.80. The average Bonchev–Trinajstić information content (AvgIpc) is 2.53. The number of amides is 1. The number of nitrogens with one attached hydrogen (secondary N) is 1. The van der Waals surface area contributed by atoms with E-state index in [0.29, 0.717) is 0 Å². The van der Waals surface area contributed by atoms with E-state index in [9.17, 15) is 14.7 Å². The van der Waals surface area contributed by atoms with Crippen molar-refractivity contribution in [2.75, 3.05) is 0 Å². The highest BCUT2D eigenvalue weighted by atomic mass is 16.6. The van der Waals surface area contributed by atoms with E-state index in [1.165, 1.54) is 0 Å². The van der Waals surface area contributed by atoms with E-state index in [0.717, 1.165) is 16.7 Å². The van der Waals surface area contributed by atoms with Crippen LogP contribution in [0.2, 0.25) is 0 Å². The van der Waals surface area contributed by atoms with Gasteiger partial charge in [0.25, 0.3) is 0 Å². The van der Waals surface area contributed by atoms with Gasteiger partial charge in [-0.1, -0.05) is 54.6 Å². The van der Waals surface area contributed by atoms with Crippen molar-refractivity contribution in [3.8, 4) is 11.1 Å². The molecule has 0 aliphatic rings. The van der Waals surface area contributed by atoms with Crippen molar-refractivity contribution >= 4 is 12.1 Å². The van der Waals surface area contributed by atoms with Gasteiger partial charge in [-0.2, -0.15) is 0 Å². The summed E-state index contributed by atoms with van der Waals surface area (Å²) in [5.74, 6) is -1.10. The Labute approximate surface area is 147 Å². The van der Waals surface area contributed by atoms with Crippen LogP contribution in [-0.4, -0.2) is 28.8 Å². The summed E-state index contributed by atoms with van der Waals surface area (Å²) in [5.41, 5.74) is 2.20. The van der Waals surface area contributed by atoms with Crippen molar-refractivity contribution in [3.05, 3.63) is 60.2 Å². The Balaban J connectivity index is 2.12. The van der Waals surface area contributed by atoms with Crippen LogP contribution in [0.4, 0.5) is 4.79 Å². The van der Waals surface area contributed by atoms with Crippen LogP contribution in [-0.2, 0) is 16.0 Å². The highest BCUT2D eigenvalue weighted by molar-refractivity contribution is 5.80. The van der Waals surface area contributed by atoms with E-state index in [1.807, 2.05) is 54.6 Å². The average molecular weight is 341 g/mol. The molecule has 0 saturated heterocycles. The van der Waals surface area contributed by atoms with Crippen molar-refractivity contribution in [1.82, 2.24) is 5.32 Å². The van der Waals surface area contributed by atoms with Gasteiger partial charge in [0.05, 0.1) is 0 Å². The molecule has 0 bridgehead atoms. The maximum atomic E-state index is 11.9. The molecule has 0 fully saturated rings. The number of carboxylic acids is 1. The van der Waals surface area contributed by atoms with Gasteiger partial charge in [0.1, 0.15) is 11.6 Å². The fourth-order valence-electron chi connectivity index (χ4n) is 2.39. The van der Waals surface area contributed by atoms with Gasteiger partial charge in [0.2, 0.25) is 0 Å². The summed E-state index contributed by atoms with van der Waals surface area (Å²) in [4.78, 5) is 23.3. The van der Waals surface area contributed by atoms with Crippen LogP contribution >= 0.6 is 0 Å². The number of ether oxygens (including phenoxy) is 1. The molecule has 2 aromatic carbocycles. The van der Waals surface area contributed by atoms with Crippen LogP contribution in [0.5, 0.6) is 0 Å². The molecular formula is C20H23NO4. The lowest BCUT2D eigenvalue weighted by atomic mass is 9.99. The second-order valence-electron chi connectivity index (χ2n) is 6.81. The van der Waals surface area contributed by atoms with E-state index in [4.69, 9.17) is 4.74 Å². The maximum absolute atomic E-state index is 11.9. The normalized spacial score (nSPS) is 12.3. The standard InChI is InChI=1S/C20H23NO4/c1-20(2,3)25-19(24)21-17(18(22)23)13-14-8-7-11-16(12-14)15-9-5-4-6-10-15/h4-12,17H,13H2,1-3H3,(H,21,24)(H,22,23)/t17-/m1/s1. The quantitative estimate of drug-likeness (QED) is 0.865. The van der Waals surface area contributed by atoms with Crippen LogP contribution < -0.4 is 5.32 Å². The molecule has 0 heterocycles. The van der Waals surface area contributed by atoms with Gasteiger partial charge in [-0.05, 0) is 37.5 Å². The Morgan fingerprint density at radius 3 is 2.28 bits per heavy atom. The van der Waals surface area contributed by atoms with E-state index in [1.54, 1.807) is 20.8 Å². The summed E-state index contributed by atoms with van der Waals surface area (Å²) in [6, 6.07) is 16.4. The molecule has 0 spiro atoms. The molecule has 5 heteroatoms. The zero-order valence-corrected chi connectivity index (χ0v) is 14.7. The predicted octanol–water partition coefficient (Wildman–Crippen LogP) is 3.87. The first kappa shape index (κ1) is 18.5. The third kappa shape index (κ3) is 5.95. The highest BCUT2D eigenvalue weighted by Crippen LogP contribution is 2.20. The van der Waals surface area contributed by atoms with Crippen molar-refractivity contribution < 1.29 is 19.4 Å². The minimum absolute atomic E-state index is 0.176. The third-order valence-electron chi connectivity index (χ3n) is 3.46. The fourth-order valence-corrected chi connectivity index (χ4v) is 2.39. The molecule has 0 aliphatic carbocycles. The van der Waals surface area contributed by atoms with Gasteiger partial charge < -0.3 is 15.2 Å². The van der Waals surface area contributed by atoms with E-state index in [-0.39, 0.29) is 6.42 Å². The Hall–Kier alpha value is -2.82. The molecule has 2 N–H and O–H groups in total. The van der Waals surface area contributed by atoms with Gasteiger partial charge in [0, 0.05) is 6.42 Å². The van der Waals surface area contributed by atoms with Crippen LogP contribution in [0.1, 0.15) is 26.3 Å². The van der Waals surface area contributed by atoms with Gasteiger partial charge in [-0.25, -0.2) is 9.59 Å². The number of alkyl carbamates (subject to hydrolysis) is 1. The maximum Gasteiger partial charge on any atom is 0.408 e. The van der Waals surface area contributed by atoms with Crippen LogP contribution in [0.25, 0.3) is 11.1 Å². The summed E-state index contributed by atoms with van der Waals surface area (Å²) in [6.45, 7) is 5.18. The van der Waals surface area contributed by atoms with Gasteiger partial charge >= 0.3 is 12.1 Å². The van der Waals surface area contributed by atoms with Gasteiger partial charge in [-0.15, -0.1) is 0 Å². The van der Waals surface area contributed by atoms with Crippen molar-refractivity contribution in [1.29, 1.82) is 0 Å². The van der Waals surface area contributed by atoms with E-state index in [2.05, 4.69) is 5.32 Å². The zero-order chi connectivity index (χ0) is 18.4. The minimum Gasteiger partial charge on any atom is -0.480 e. The first-order valence-corrected chi connectivity index (χ1v) is 8.11. The smallest absolute Gasteiger partial charge is 0.408 e. The number of hydrogen-bond donors (Lipinski definition) is 2. The Morgan fingerprint density at radius 2 is 1.68 bits per heavy atom. The molecule has 0 saturated carbocycles. The number of aliphatic carboxylic acids is 1. The Bertz CT molecular complexity index is 735. The molecular weight excluding hydrogens is 318 g/mol. The topological polar surface area (TPSA) is 75.6 Å². The summed E-state index contributed by atoms with van der Waals surface area (Å²) in [6.07, 6.45) is -0.561. The predicted molar refractivity (Wildman–Crippen MR) is 96.4 cm³/mol. The van der Waals surface area contributed by atoms with Crippen molar-refractivity contribution in [2.24, 2.45) is 0 Å². The summed E-state index contributed by atoms with van der Waals surface area (Å²) in [5, 5.41) is 11.8.